The number of para-hydroxylation sites is 1. The van der Waals surface area contributed by atoms with E-state index in [1.54, 1.807) is 29.2 Å². The highest BCUT2D eigenvalue weighted by molar-refractivity contribution is 5.94. The van der Waals surface area contributed by atoms with Gasteiger partial charge in [-0.25, -0.2) is 0 Å². The highest BCUT2D eigenvalue weighted by atomic mass is 16.5. The average molecular weight is 438 g/mol. The molecule has 7 heteroatoms. The molecule has 2 N–H and O–H groups in total. The van der Waals surface area contributed by atoms with Crippen LogP contribution in [0.25, 0.3) is 0 Å². The number of hydrogen-bond donors (Lipinski definition) is 2. The highest BCUT2D eigenvalue weighted by Crippen LogP contribution is 2.21. The number of nitrogens with zero attached hydrogens (tertiary/aromatic N) is 1. The lowest BCUT2D eigenvalue weighted by Gasteiger charge is -2.31. The largest absolute Gasteiger partial charge is 0.484 e. The number of nitrogens with one attached hydrogen (secondary N) is 2. The Bertz CT molecular complexity index is 905. The molecule has 0 atom stereocenters. The fourth-order valence-electron chi connectivity index (χ4n) is 3.61. The maximum Gasteiger partial charge on any atom is 0.260 e. The average Bonchev–Trinajstić information content (AvgIpc) is 2.79. The van der Waals surface area contributed by atoms with Gasteiger partial charge in [0.25, 0.3) is 5.91 Å². The summed E-state index contributed by atoms with van der Waals surface area (Å²) in [5.74, 6) is 0.691. The second kappa shape index (κ2) is 11.3. The molecule has 1 heterocycles. The summed E-state index contributed by atoms with van der Waals surface area (Å²) in [5, 5.41) is 5.79. The predicted molar refractivity (Wildman–Crippen MR) is 124 cm³/mol. The number of ether oxygens (including phenoxy) is 1. The van der Waals surface area contributed by atoms with E-state index >= 15 is 0 Å². The molecule has 0 saturated carbocycles. The van der Waals surface area contributed by atoms with Gasteiger partial charge in [0.1, 0.15) is 5.75 Å². The molecule has 1 fully saturated rings. The van der Waals surface area contributed by atoms with Crippen molar-refractivity contribution in [2.75, 3.05) is 30.3 Å². The molecule has 2 aromatic carbocycles. The Morgan fingerprint density at radius 3 is 2.12 bits per heavy atom. The highest BCUT2D eigenvalue weighted by Gasteiger charge is 2.27. The van der Waals surface area contributed by atoms with Gasteiger partial charge < -0.3 is 20.3 Å². The number of hydrogen-bond acceptors (Lipinski definition) is 4. The number of rotatable bonds is 8. The second-order valence-corrected chi connectivity index (χ2v) is 8.47. The molecular weight excluding hydrogens is 406 g/mol. The fourth-order valence-corrected chi connectivity index (χ4v) is 3.61. The van der Waals surface area contributed by atoms with E-state index < -0.39 is 0 Å². The minimum atomic E-state index is -0.139. The van der Waals surface area contributed by atoms with Crippen molar-refractivity contribution in [3.05, 3.63) is 54.6 Å². The van der Waals surface area contributed by atoms with E-state index in [-0.39, 0.29) is 30.2 Å². The van der Waals surface area contributed by atoms with Gasteiger partial charge in [0.15, 0.2) is 6.61 Å². The summed E-state index contributed by atoms with van der Waals surface area (Å²) in [4.78, 5) is 38.6. The first-order valence-electron chi connectivity index (χ1n) is 11.1. The van der Waals surface area contributed by atoms with Gasteiger partial charge in [0, 0.05) is 36.8 Å². The van der Waals surface area contributed by atoms with Crippen molar-refractivity contribution in [2.24, 2.45) is 11.8 Å². The van der Waals surface area contributed by atoms with Crippen LogP contribution in [0.1, 0.15) is 33.1 Å². The van der Waals surface area contributed by atoms with Gasteiger partial charge in [-0.15, -0.1) is 0 Å². The fraction of sp³-hybridized carbons (Fsp3) is 0.400. The summed E-state index contributed by atoms with van der Waals surface area (Å²) < 4.78 is 5.53. The van der Waals surface area contributed by atoms with Gasteiger partial charge >= 0.3 is 0 Å². The number of benzene rings is 2. The van der Waals surface area contributed by atoms with Crippen LogP contribution in [0, 0.1) is 11.8 Å². The Kier molecular flexibility index (Phi) is 8.25. The summed E-state index contributed by atoms with van der Waals surface area (Å²) in [5.41, 5.74) is 1.39. The Labute approximate surface area is 189 Å². The maximum atomic E-state index is 12.6. The van der Waals surface area contributed by atoms with Crippen LogP contribution in [0.5, 0.6) is 5.75 Å². The number of anilines is 2. The van der Waals surface area contributed by atoms with Crippen LogP contribution in [-0.4, -0.2) is 42.3 Å². The van der Waals surface area contributed by atoms with Crippen molar-refractivity contribution in [3.8, 4) is 5.75 Å². The molecule has 32 heavy (non-hydrogen) atoms. The zero-order chi connectivity index (χ0) is 22.9. The molecule has 1 aliphatic rings. The number of carbonyl (C=O) groups excluding carboxylic acids is 3. The Balaban J connectivity index is 1.41. The van der Waals surface area contributed by atoms with Gasteiger partial charge in [-0.05, 0) is 55.2 Å². The van der Waals surface area contributed by atoms with E-state index in [0.29, 0.717) is 55.4 Å². The third kappa shape index (κ3) is 7.11. The van der Waals surface area contributed by atoms with Crippen molar-refractivity contribution in [1.82, 2.24) is 4.90 Å². The molecule has 0 radical (unpaired) electrons. The molecule has 2 aromatic rings. The Morgan fingerprint density at radius 1 is 0.938 bits per heavy atom. The predicted octanol–water partition coefficient (Wildman–Crippen LogP) is 3.93. The van der Waals surface area contributed by atoms with Gasteiger partial charge in [0.05, 0.1) is 0 Å². The first-order chi connectivity index (χ1) is 15.4. The quantitative estimate of drug-likeness (QED) is 0.655. The standard InChI is InChI=1S/C25H31N3O4/c1-18(2)16-23(29)26-20-8-10-21(11-9-20)27-25(31)19-12-14-28(15-13-19)24(30)17-32-22-6-4-3-5-7-22/h3-11,18-19H,12-17H2,1-2H3,(H,26,29)(H,27,31). The van der Waals surface area contributed by atoms with Crippen LogP contribution < -0.4 is 15.4 Å². The molecule has 0 bridgehead atoms. The summed E-state index contributed by atoms with van der Waals surface area (Å²) in [6.07, 6.45) is 1.70. The summed E-state index contributed by atoms with van der Waals surface area (Å²) in [7, 11) is 0. The van der Waals surface area contributed by atoms with Crippen LogP contribution in [0.4, 0.5) is 11.4 Å². The minimum Gasteiger partial charge on any atom is -0.484 e. The zero-order valence-corrected chi connectivity index (χ0v) is 18.7. The molecule has 0 aliphatic carbocycles. The molecule has 7 nitrogen and oxygen atoms in total. The lowest BCUT2D eigenvalue weighted by atomic mass is 9.95. The topological polar surface area (TPSA) is 87.7 Å². The Morgan fingerprint density at radius 2 is 1.53 bits per heavy atom. The summed E-state index contributed by atoms with van der Waals surface area (Å²) in [6, 6.07) is 16.4. The number of carbonyl (C=O) groups is 3. The monoisotopic (exact) mass is 437 g/mol. The SMILES string of the molecule is CC(C)CC(=O)Nc1ccc(NC(=O)C2CCN(C(=O)COc3ccccc3)CC2)cc1. The van der Waals surface area contributed by atoms with Crippen molar-refractivity contribution in [3.63, 3.8) is 0 Å². The molecule has 3 rings (SSSR count). The van der Waals surface area contributed by atoms with E-state index in [1.165, 1.54) is 0 Å². The molecule has 1 saturated heterocycles. The van der Waals surface area contributed by atoms with Crippen LogP contribution in [0.3, 0.4) is 0 Å². The van der Waals surface area contributed by atoms with E-state index in [9.17, 15) is 14.4 Å². The molecule has 3 amide bonds. The smallest absolute Gasteiger partial charge is 0.260 e. The molecule has 0 unspecified atom stereocenters. The first kappa shape index (κ1) is 23.3. The first-order valence-corrected chi connectivity index (χ1v) is 11.1. The van der Waals surface area contributed by atoms with Crippen LogP contribution >= 0.6 is 0 Å². The van der Waals surface area contributed by atoms with Gasteiger partial charge in [-0.2, -0.15) is 0 Å². The second-order valence-electron chi connectivity index (χ2n) is 8.47. The third-order valence-electron chi connectivity index (χ3n) is 5.35. The van der Waals surface area contributed by atoms with E-state index in [1.807, 2.05) is 44.2 Å². The normalized spacial score (nSPS) is 14.2. The van der Waals surface area contributed by atoms with E-state index in [2.05, 4.69) is 10.6 Å². The molecule has 1 aliphatic heterocycles. The minimum absolute atomic E-state index is 0.000924. The lowest BCUT2D eigenvalue weighted by molar-refractivity contribution is -0.136. The third-order valence-corrected chi connectivity index (χ3v) is 5.35. The summed E-state index contributed by atoms with van der Waals surface area (Å²) >= 11 is 0. The van der Waals surface area contributed by atoms with Crippen LogP contribution in [0.15, 0.2) is 54.6 Å². The van der Waals surface area contributed by atoms with Crippen molar-refractivity contribution in [2.45, 2.75) is 33.1 Å². The molecule has 170 valence electrons. The number of piperidine rings is 1. The maximum absolute atomic E-state index is 12.6. The zero-order valence-electron chi connectivity index (χ0n) is 18.7. The lowest BCUT2D eigenvalue weighted by Crippen LogP contribution is -2.43. The van der Waals surface area contributed by atoms with Gasteiger partial charge in [-0.3, -0.25) is 14.4 Å². The Hall–Kier alpha value is -3.35. The summed E-state index contributed by atoms with van der Waals surface area (Å²) in [6.45, 7) is 5.07. The number of amides is 3. The van der Waals surface area contributed by atoms with Gasteiger partial charge in [-0.1, -0.05) is 32.0 Å². The molecule has 0 spiro atoms. The van der Waals surface area contributed by atoms with Crippen molar-refractivity contribution >= 4 is 29.1 Å². The van der Waals surface area contributed by atoms with Crippen molar-refractivity contribution in [1.29, 1.82) is 0 Å². The molecular formula is C25H31N3O4. The number of likely N-dealkylation sites (tertiary alicyclic amines) is 1. The van der Waals surface area contributed by atoms with Gasteiger partial charge in [0.2, 0.25) is 11.8 Å². The van der Waals surface area contributed by atoms with Crippen LogP contribution in [0.2, 0.25) is 0 Å². The molecule has 0 aromatic heterocycles. The van der Waals surface area contributed by atoms with Crippen molar-refractivity contribution < 1.29 is 19.1 Å². The van der Waals surface area contributed by atoms with E-state index in [4.69, 9.17) is 4.74 Å². The van der Waals surface area contributed by atoms with E-state index in [0.717, 1.165) is 0 Å². The van der Waals surface area contributed by atoms with Crippen LogP contribution in [-0.2, 0) is 14.4 Å².